The first-order valence-electron chi connectivity index (χ1n) is 7.88. The Kier molecular flexibility index (Phi) is 4.62. The van der Waals surface area contributed by atoms with Crippen LogP contribution in [0.1, 0.15) is 36.6 Å². The number of carbonyl (C=O) groups excluding carboxylic acids is 1. The summed E-state index contributed by atoms with van der Waals surface area (Å²) in [5, 5.41) is 11.7. The third-order valence-corrected chi connectivity index (χ3v) is 5.63. The minimum atomic E-state index is -0.283. The van der Waals surface area contributed by atoms with Crippen LogP contribution in [0.25, 0.3) is 0 Å². The molecule has 2 aliphatic heterocycles. The lowest BCUT2D eigenvalue weighted by Gasteiger charge is -2.31. The van der Waals surface area contributed by atoms with E-state index in [0.29, 0.717) is 12.6 Å². The Morgan fingerprint density at radius 1 is 1.52 bits per heavy atom. The summed E-state index contributed by atoms with van der Waals surface area (Å²) in [4.78, 5) is 18.2. The molecule has 0 saturated carbocycles. The molecule has 116 valence electrons. The van der Waals surface area contributed by atoms with Gasteiger partial charge >= 0.3 is 0 Å². The maximum Gasteiger partial charge on any atom is 0.237 e. The third kappa shape index (κ3) is 3.47. The summed E-state index contributed by atoms with van der Waals surface area (Å²) < 4.78 is 0. The number of likely N-dealkylation sites (tertiary alicyclic amines) is 1. The Bertz CT molecular complexity index is 500. The average molecular weight is 308 g/mol. The van der Waals surface area contributed by atoms with Gasteiger partial charge in [-0.2, -0.15) is 0 Å². The van der Waals surface area contributed by atoms with E-state index >= 15 is 0 Å². The van der Waals surface area contributed by atoms with Crippen molar-refractivity contribution in [3.8, 4) is 0 Å². The molecule has 2 unspecified atom stereocenters. The Hall–Kier alpha value is -0.910. The molecule has 2 atom stereocenters. The van der Waals surface area contributed by atoms with Gasteiger partial charge in [-0.1, -0.05) is 0 Å². The summed E-state index contributed by atoms with van der Waals surface area (Å²) in [7, 11) is 0. The van der Waals surface area contributed by atoms with E-state index in [4.69, 9.17) is 0 Å². The molecule has 1 amide bonds. The van der Waals surface area contributed by atoms with Gasteiger partial charge in [0.1, 0.15) is 0 Å². The molecule has 1 fully saturated rings. The van der Waals surface area contributed by atoms with E-state index in [1.807, 2.05) is 11.8 Å². The highest BCUT2D eigenvalue weighted by Crippen LogP contribution is 2.25. The fraction of sp³-hybridized carbons (Fsp3) is 0.688. The quantitative estimate of drug-likeness (QED) is 0.923. The van der Waals surface area contributed by atoms with E-state index in [1.54, 1.807) is 11.3 Å². The highest BCUT2D eigenvalue weighted by molar-refractivity contribution is 7.10. The second-order valence-corrected chi connectivity index (χ2v) is 7.29. The number of hydrogen-bond donors (Lipinski definition) is 1. The van der Waals surface area contributed by atoms with E-state index in [1.165, 1.54) is 10.4 Å². The van der Waals surface area contributed by atoms with Gasteiger partial charge in [0, 0.05) is 24.0 Å². The number of rotatable bonds is 4. The fourth-order valence-electron chi connectivity index (χ4n) is 3.50. The van der Waals surface area contributed by atoms with Crippen LogP contribution >= 0.6 is 11.3 Å². The number of nitrogens with zero attached hydrogens (tertiary/aromatic N) is 2. The molecule has 1 N–H and O–H groups in total. The molecule has 0 bridgehead atoms. The van der Waals surface area contributed by atoms with Crippen LogP contribution in [-0.2, 0) is 17.8 Å². The first kappa shape index (κ1) is 15.0. The second-order valence-electron chi connectivity index (χ2n) is 6.29. The molecule has 4 nitrogen and oxygen atoms in total. The summed E-state index contributed by atoms with van der Waals surface area (Å²) in [6, 6.07) is 2.52. The largest absolute Gasteiger partial charge is 0.393 e. The predicted molar refractivity (Wildman–Crippen MR) is 84.3 cm³/mol. The van der Waals surface area contributed by atoms with Crippen LogP contribution in [0.15, 0.2) is 11.4 Å². The first-order chi connectivity index (χ1) is 10.1. The van der Waals surface area contributed by atoms with Crippen molar-refractivity contribution in [2.24, 2.45) is 0 Å². The molecule has 0 radical (unpaired) electrons. The zero-order valence-corrected chi connectivity index (χ0v) is 13.4. The minimum Gasteiger partial charge on any atom is -0.393 e. The van der Waals surface area contributed by atoms with Gasteiger partial charge in [0.05, 0.1) is 12.6 Å². The molecule has 5 heteroatoms. The Labute approximate surface area is 130 Å². The maximum absolute atomic E-state index is 12.5. The van der Waals surface area contributed by atoms with E-state index in [-0.39, 0.29) is 12.0 Å². The van der Waals surface area contributed by atoms with Crippen LogP contribution < -0.4 is 0 Å². The van der Waals surface area contributed by atoms with Gasteiger partial charge in [-0.3, -0.25) is 9.69 Å². The Balaban J connectivity index is 1.57. The molecule has 1 saturated heterocycles. The number of amides is 1. The van der Waals surface area contributed by atoms with Crippen LogP contribution in [0, 0.1) is 0 Å². The number of hydrogen-bond acceptors (Lipinski definition) is 4. The van der Waals surface area contributed by atoms with Gasteiger partial charge in [-0.15, -0.1) is 11.3 Å². The summed E-state index contributed by atoms with van der Waals surface area (Å²) in [6.07, 6.45) is 3.73. The molecular weight excluding hydrogens is 284 g/mol. The average Bonchev–Trinajstić information content (AvgIpc) is 3.06. The lowest BCUT2D eigenvalue weighted by Crippen LogP contribution is -2.44. The molecule has 21 heavy (non-hydrogen) atoms. The molecule has 0 aliphatic carbocycles. The zero-order chi connectivity index (χ0) is 14.8. The SMILES string of the molecule is CC(O)CC1CCCN1CC(=O)N1CCc2sccc2C1. The summed E-state index contributed by atoms with van der Waals surface area (Å²) in [6.45, 7) is 4.95. The van der Waals surface area contributed by atoms with Crippen molar-refractivity contribution < 1.29 is 9.90 Å². The van der Waals surface area contributed by atoms with Crippen molar-refractivity contribution in [2.75, 3.05) is 19.6 Å². The molecular formula is C16H24N2O2S. The molecule has 3 rings (SSSR count). The maximum atomic E-state index is 12.5. The third-order valence-electron chi connectivity index (χ3n) is 4.61. The highest BCUT2D eigenvalue weighted by Gasteiger charge is 2.29. The Morgan fingerprint density at radius 3 is 3.19 bits per heavy atom. The van der Waals surface area contributed by atoms with Gasteiger partial charge in [-0.25, -0.2) is 0 Å². The Morgan fingerprint density at radius 2 is 2.38 bits per heavy atom. The fourth-order valence-corrected chi connectivity index (χ4v) is 4.39. The lowest BCUT2D eigenvalue weighted by atomic mass is 10.1. The second kappa shape index (κ2) is 6.46. The smallest absolute Gasteiger partial charge is 0.237 e. The zero-order valence-electron chi connectivity index (χ0n) is 12.6. The number of fused-ring (bicyclic) bond motifs is 1. The molecule has 1 aromatic heterocycles. The van der Waals surface area contributed by atoms with Crippen LogP contribution in [0.3, 0.4) is 0 Å². The van der Waals surface area contributed by atoms with Crippen molar-refractivity contribution in [2.45, 2.75) is 51.3 Å². The monoisotopic (exact) mass is 308 g/mol. The van der Waals surface area contributed by atoms with Crippen LogP contribution in [0.5, 0.6) is 0 Å². The van der Waals surface area contributed by atoms with E-state index in [0.717, 1.165) is 45.3 Å². The van der Waals surface area contributed by atoms with Gasteiger partial charge in [-0.05, 0) is 56.2 Å². The number of aliphatic hydroxyl groups excluding tert-OH is 1. The van der Waals surface area contributed by atoms with Crippen LogP contribution in [-0.4, -0.2) is 52.6 Å². The highest BCUT2D eigenvalue weighted by atomic mass is 32.1. The van der Waals surface area contributed by atoms with Crippen molar-refractivity contribution >= 4 is 17.2 Å². The van der Waals surface area contributed by atoms with Crippen molar-refractivity contribution in [1.82, 2.24) is 9.80 Å². The summed E-state index contributed by atoms with van der Waals surface area (Å²) in [5.74, 6) is 0.240. The van der Waals surface area contributed by atoms with Crippen molar-refractivity contribution in [3.05, 3.63) is 21.9 Å². The van der Waals surface area contributed by atoms with Crippen LogP contribution in [0.2, 0.25) is 0 Å². The minimum absolute atomic E-state index is 0.240. The van der Waals surface area contributed by atoms with Gasteiger partial charge < -0.3 is 10.0 Å². The number of carbonyl (C=O) groups is 1. The topological polar surface area (TPSA) is 43.8 Å². The van der Waals surface area contributed by atoms with Crippen molar-refractivity contribution in [3.63, 3.8) is 0 Å². The van der Waals surface area contributed by atoms with Gasteiger partial charge in [0.25, 0.3) is 0 Å². The number of aliphatic hydroxyl groups is 1. The molecule has 0 aromatic carbocycles. The van der Waals surface area contributed by atoms with E-state index in [9.17, 15) is 9.90 Å². The molecule has 2 aliphatic rings. The number of thiophene rings is 1. The first-order valence-corrected chi connectivity index (χ1v) is 8.76. The molecule has 1 aromatic rings. The van der Waals surface area contributed by atoms with Gasteiger partial charge in [0.15, 0.2) is 0 Å². The van der Waals surface area contributed by atoms with E-state index < -0.39 is 0 Å². The summed E-state index contributed by atoms with van der Waals surface area (Å²) in [5.41, 5.74) is 1.32. The summed E-state index contributed by atoms with van der Waals surface area (Å²) >= 11 is 1.80. The van der Waals surface area contributed by atoms with E-state index in [2.05, 4.69) is 16.3 Å². The van der Waals surface area contributed by atoms with Crippen molar-refractivity contribution in [1.29, 1.82) is 0 Å². The molecule has 0 spiro atoms. The predicted octanol–water partition coefficient (Wildman–Crippen LogP) is 1.87. The van der Waals surface area contributed by atoms with Gasteiger partial charge in [0.2, 0.25) is 5.91 Å². The lowest BCUT2D eigenvalue weighted by molar-refractivity contribution is -0.133. The van der Waals surface area contributed by atoms with Crippen LogP contribution in [0.4, 0.5) is 0 Å². The normalized spacial score (nSPS) is 24.1. The molecule has 3 heterocycles. The standard InChI is InChI=1S/C16H24N2O2S/c1-12(19)9-14-3-2-6-17(14)11-16(20)18-7-4-15-13(10-18)5-8-21-15/h5,8,12,14,19H,2-4,6-7,9-11H2,1H3.